The number of aromatic nitrogens is 3. The maximum atomic E-state index is 12.5. The Hall–Kier alpha value is -3.91. The van der Waals surface area contributed by atoms with Gasteiger partial charge in [0.2, 0.25) is 5.88 Å². The third-order valence-corrected chi connectivity index (χ3v) is 5.52. The van der Waals surface area contributed by atoms with Gasteiger partial charge in [-0.05, 0) is 61.9 Å². The second-order valence-corrected chi connectivity index (χ2v) is 7.75. The first-order valence-corrected chi connectivity index (χ1v) is 10.6. The summed E-state index contributed by atoms with van der Waals surface area (Å²) in [7, 11) is 0. The standard InChI is InChI=1S/C24H24N6O2/c1-15-22(3-2-10-26-15)32-23-7-5-17(14-27-23)29-24(31)28-16-4-6-20-19(13-16)18-8-11-25-12-9-21(18)30-20/h2-7,10,13-14,25,30H,8-9,11-12H2,1H3,(H2,28,29,31). The number of hydrogen-bond donors (Lipinski definition) is 4. The maximum absolute atomic E-state index is 12.5. The van der Waals surface area contributed by atoms with Crippen molar-refractivity contribution in [3.8, 4) is 11.6 Å². The fourth-order valence-corrected chi connectivity index (χ4v) is 3.93. The number of aryl methyl sites for hydroxylation is 1. The van der Waals surface area contributed by atoms with E-state index in [0.29, 0.717) is 17.3 Å². The van der Waals surface area contributed by atoms with Crippen LogP contribution in [-0.4, -0.2) is 34.1 Å². The fourth-order valence-electron chi connectivity index (χ4n) is 3.93. The van der Waals surface area contributed by atoms with Gasteiger partial charge in [0.25, 0.3) is 0 Å². The average molecular weight is 428 g/mol. The number of rotatable bonds is 4. The zero-order valence-electron chi connectivity index (χ0n) is 17.7. The Morgan fingerprint density at radius 1 is 1.03 bits per heavy atom. The van der Waals surface area contributed by atoms with Gasteiger partial charge >= 0.3 is 6.03 Å². The second kappa shape index (κ2) is 8.68. The highest BCUT2D eigenvalue weighted by Crippen LogP contribution is 2.27. The molecule has 0 fully saturated rings. The molecule has 32 heavy (non-hydrogen) atoms. The van der Waals surface area contributed by atoms with Gasteiger partial charge in [0.15, 0.2) is 5.75 Å². The third kappa shape index (κ3) is 4.26. The number of carbonyl (C=O) groups is 1. The van der Waals surface area contributed by atoms with Crippen LogP contribution >= 0.6 is 0 Å². The first-order valence-electron chi connectivity index (χ1n) is 10.6. The first kappa shape index (κ1) is 20.0. The van der Waals surface area contributed by atoms with Crippen LogP contribution in [0.1, 0.15) is 17.0 Å². The Balaban J connectivity index is 1.25. The van der Waals surface area contributed by atoms with Crippen molar-refractivity contribution in [2.45, 2.75) is 19.8 Å². The van der Waals surface area contributed by atoms with Crippen LogP contribution in [0.15, 0.2) is 54.9 Å². The number of urea groups is 1. The second-order valence-electron chi connectivity index (χ2n) is 7.75. The monoisotopic (exact) mass is 428 g/mol. The predicted molar refractivity (Wildman–Crippen MR) is 125 cm³/mol. The van der Waals surface area contributed by atoms with Crippen molar-refractivity contribution in [3.63, 3.8) is 0 Å². The summed E-state index contributed by atoms with van der Waals surface area (Å²) in [6, 6.07) is 12.7. The summed E-state index contributed by atoms with van der Waals surface area (Å²) in [5.74, 6) is 1.08. The van der Waals surface area contributed by atoms with Crippen molar-refractivity contribution in [2.75, 3.05) is 23.7 Å². The van der Waals surface area contributed by atoms with Crippen molar-refractivity contribution in [1.29, 1.82) is 0 Å². The lowest BCUT2D eigenvalue weighted by Gasteiger charge is -2.10. The fraction of sp³-hybridized carbons (Fsp3) is 0.208. The van der Waals surface area contributed by atoms with Crippen LogP contribution in [0.3, 0.4) is 0 Å². The van der Waals surface area contributed by atoms with E-state index in [4.69, 9.17) is 4.74 Å². The lowest BCUT2D eigenvalue weighted by Crippen LogP contribution is -2.19. The SMILES string of the molecule is Cc1ncccc1Oc1ccc(NC(=O)Nc2ccc3[nH]c4c(c3c2)CCNCC4)cn1. The Kier molecular flexibility index (Phi) is 5.43. The van der Waals surface area contributed by atoms with Crippen LogP contribution in [0.25, 0.3) is 10.9 Å². The highest BCUT2D eigenvalue weighted by atomic mass is 16.5. The zero-order chi connectivity index (χ0) is 21.9. The maximum Gasteiger partial charge on any atom is 0.323 e. The Bertz CT molecular complexity index is 1270. The zero-order valence-corrected chi connectivity index (χ0v) is 17.7. The van der Waals surface area contributed by atoms with Gasteiger partial charge in [-0.3, -0.25) is 4.98 Å². The van der Waals surface area contributed by atoms with Crippen molar-refractivity contribution < 1.29 is 9.53 Å². The molecule has 2 amide bonds. The molecule has 4 aromatic rings. The van der Waals surface area contributed by atoms with Gasteiger partial charge in [-0.2, -0.15) is 0 Å². The van der Waals surface area contributed by atoms with Crippen LogP contribution in [0.2, 0.25) is 0 Å². The first-order chi connectivity index (χ1) is 15.7. The molecule has 0 saturated heterocycles. The average Bonchev–Trinajstić information content (AvgIpc) is 2.96. The number of nitrogens with zero attached hydrogens (tertiary/aromatic N) is 2. The van der Waals surface area contributed by atoms with Crippen LogP contribution in [0, 0.1) is 6.92 Å². The van der Waals surface area contributed by atoms with Gasteiger partial charge in [0.1, 0.15) is 0 Å². The van der Waals surface area contributed by atoms with Gasteiger partial charge in [0, 0.05) is 47.5 Å². The summed E-state index contributed by atoms with van der Waals surface area (Å²) in [5.41, 5.74) is 5.81. The van der Waals surface area contributed by atoms with Gasteiger partial charge in [-0.1, -0.05) is 0 Å². The van der Waals surface area contributed by atoms with E-state index in [2.05, 4.69) is 30.9 Å². The summed E-state index contributed by atoms with van der Waals surface area (Å²) in [6.45, 7) is 3.81. The molecular formula is C24H24N6O2. The number of benzene rings is 1. The molecule has 4 heterocycles. The minimum Gasteiger partial charge on any atom is -0.437 e. The number of pyridine rings is 2. The molecule has 5 rings (SSSR count). The van der Waals surface area contributed by atoms with Crippen LogP contribution in [0.5, 0.6) is 11.6 Å². The highest BCUT2D eigenvalue weighted by Gasteiger charge is 2.15. The van der Waals surface area contributed by atoms with Crippen molar-refractivity contribution in [1.82, 2.24) is 20.3 Å². The van der Waals surface area contributed by atoms with E-state index in [0.717, 1.165) is 48.2 Å². The largest absolute Gasteiger partial charge is 0.437 e. The number of nitrogens with one attached hydrogen (secondary N) is 4. The quantitative estimate of drug-likeness (QED) is 0.386. The number of H-pyrrole nitrogens is 1. The number of ether oxygens (including phenoxy) is 1. The molecule has 0 unspecified atom stereocenters. The Morgan fingerprint density at radius 2 is 1.88 bits per heavy atom. The van der Waals surface area contributed by atoms with Gasteiger partial charge in [-0.25, -0.2) is 9.78 Å². The number of fused-ring (bicyclic) bond motifs is 3. The predicted octanol–water partition coefficient (Wildman–Crippen LogP) is 4.39. The molecule has 3 aromatic heterocycles. The van der Waals surface area contributed by atoms with E-state index in [1.54, 1.807) is 24.5 Å². The van der Waals surface area contributed by atoms with Crippen LogP contribution < -0.4 is 20.7 Å². The summed E-state index contributed by atoms with van der Waals surface area (Å²) in [5, 5.41) is 10.3. The summed E-state index contributed by atoms with van der Waals surface area (Å²) < 4.78 is 5.74. The normalized spacial score (nSPS) is 13.3. The topological polar surface area (TPSA) is 104 Å². The summed E-state index contributed by atoms with van der Waals surface area (Å²) >= 11 is 0. The third-order valence-electron chi connectivity index (χ3n) is 5.52. The van der Waals surface area contributed by atoms with Gasteiger partial charge in [0.05, 0.1) is 17.6 Å². The van der Waals surface area contributed by atoms with Gasteiger partial charge < -0.3 is 25.7 Å². The molecule has 1 aromatic carbocycles. The summed E-state index contributed by atoms with van der Waals surface area (Å²) in [6.07, 6.45) is 5.23. The molecular weight excluding hydrogens is 404 g/mol. The number of anilines is 2. The smallest absolute Gasteiger partial charge is 0.323 e. The molecule has 0 radical (unpaired) electrons. The van der Waals surface area contributed by atoms with Crippen molar-refractivity contribution >= 4 is 28.3 Å². The number of amides is 2. The molecule has 8 nitrogen and oxygen atoms in total. The lowest BCUT2D eigenvalue weighted by atomic mass is 10.1. The van der Waals surface area contributed by atoms with E-state index in [9.17, 15) is 4.79 Å². The Labute approximate surface area is 185 Å². The Morgan fingerprint density at radius 3 is 2.72 bits per heavy atom. The van der Waals surface area contributed by atoms with E-state index in [1.165, 1.54) is 11.3 Å². The minimum absolute atomic E-state index is 0.328. The molecule has 162 valence electrons. The number of carbonyl (C=O) groups excluding carboxylic acids is 1. The molecule has 0 atom stereocenters. The van der Waals surface area contributed by atoms with E-state index in [1.807, 2.05) is 37.3 Å². The molecule has 4 N–H and O–H groups in total. The minimum atomic E-state index is -0.328. The van der Waals surface area contributed by atoms with Crippen molar-refractivity contribution in [3.05, 3.63) is 71.8 Å². The van der Waals surface area contributed by atoms with E-state index < -0.39 is 0 Å². The molecule has 0 saturated carbocycles. The van der Waals surface area contributed by atoms with Crippen molar-refractivity contribution in [2.24, 2.45) is 0 Å². The van der Waals surface area contributed by atoms with E-state index >= 15 is 0 Å². The highest BCUT2D eigenvalue weighted by molar-refractivity contribution is 6.01. The number of aromatic amines is 1. The van der Waals surface area contributed by atoms with Gasteiger partial charge in [-0.15, -0.1) is 0 Å². The molecule has 0 bridgehead atoms. The molecule has 1 aliphatic heterocycles. The molecule has 8 heteroatoms. The molecule has 1 aliphatic rings. The lowest BCUT2D eigenvalue weighted by molar-refractivity contribution is 0.262. The van der Waals surface area contributed by atoms with E-state index in [-0.39, 0.29) is 6.03 Å². The molecule has 0 aliphatic carbocycles. The van der Waals surface area contributed by atoms with Crippen LogP contribution in [-0.2, 0) is 12.8 Å². The van der Waals surface area contributed by atoms with Crippen LogP contribution in [0.4, 0.5) is 16.2 Å². The summed E-state index contributed by atoms with van der Waals surface area (Å²) in [4.78, 5) is 24.5. The number of hydrogen-bond acceptors (Lipinski definition) is 5. The molecule has 0 spiro atoms.